The van der Waals surface area contributed by atoms with Gasteiger partial charge in [-0.25, -0.2) is 0 Å². The third kappa shape index (κ3) is 1.03. The second-order valence-electron chi connectivity index (χ2n) is 3.73. The smallest absolute Gasteiger partial charge is 0.104 e. The highest BCUT2D eigenvalue weighted by Crippen LogP contribution is 2.34. The number of hydrogen-bond acceptors (Lipinski definition) is 2. The molecule has 2 heteroatoms. The maximum absolute atomic E-state index is 9.91. The molecule has 2 nitrogen and oxygen atoms in total. The van der Waals surface area contributed by atoms with E-state index in [9.17, 15) is 5.11 Å². The predicted molar refractivity (Wildman–Crippen MR) is 46.9 cm³/mol. The molecule has 0 bridgehead atoms. The number of hydrogen-bond donors (Lipinski definition) is 1. The van der Waals surface area contributed by atoms with Crippen molar-refractivity contribution in [3.63, 3.8) is 0 Å². The van der Waals surface area contributed by atoms with E-state index in [1.165, 1.54) is 5.56 Å². The van der Waals surface area contributed by atoms with Crippen LogP contribution in [0.5, 0.6) is 0 Å². The Morgan fingerprint density at radius 3 is 3.00 bits per heavy atom. The molecule has 0 saturated carbocycles. The number of aromatic nitrogens is 1. The lowest BCUT2D eigenvalue weighted by molar-refractivity contribution is 0.0552. The van der Waals surface area contributed by atoms with Crippen molar-refractivity contribution < 1.29 is 5.11 Å². The maximum atomic E-state index is 9.91. The van der Waals surface area contributed by atoms with E-state index >= 15 is 0 Å². The average molecular weight is 163 g/mol. The highest BCUT2D eigenvalue weighted by atomic mass is 16.3. The fraction of sp³-hybridized carbons (Fsp3) is 0.500. The number of rotatable bonds is 0. The molecular formula is C10H13NO. The minimum absolute atomic E-state index is 0.693. The summed E-state index contributed by atoms with van der Waals surface area (Å²) in [4.78, 5) is 4.36. The standard InChI is InChI=1S/C10H13NO/c1-7-3-4-8-5-6-10(2,12)9(8)11-7/h3-4,12H,5-6H2,1-2H3/t10-/m0/s1. The molecule has 2 rings (SSSR count). The van der Waals surface area contributed by atoms with Crippen LogP contribution in [0, 0.1) is 6.92 Å². The monoisotopic (exact) mass is 163 g/mol. The van der Waals surface area contributed by atoms with Crippen molar-refractivity contribution in [1.29, 1.82) is 0 Å². The minimum atomic E-state index is -0.693. The van der Waals surface area contributed by atoms with Crippen molar-refractivity contribution in [1.82, 2.24) is 4.98 Å². The number of pyridine rings is 1. The van der Waals surface area contributed by atoms with E-state index in [0.29, 0.717) is 0 Å². The number of aliphatic hydroxyl groups is 1. The summed E-state index contributed by atoms with van der Waals surface area (Å²) < 4.78 is 0. The number of nitrogens with zero attached hydrogens (tertiary/aromatic N) is 1. The van der Waals surface area contributed by atoms with Crippen LogP contribution in [0.4, 0.5) is 0 Å². The molecule has 1 N–H and O–H groups in total. The Kier molecular flexibility index (Phi) is 1.48. The molecule has 0 aliphatic heterocycles. The van der Waals surface area contributed by atoms with Crippen molar-refractivity contribution in [2.45, 2.75) is 32.3 Å². The summed E-state index contributed by atoms with van der Waals surface area (Å²) in [5.74, 6) is 0. The van der Waals surface area contributed by atoms with Gasteiger partial charge in [-0.3, -0.25) is 4.98 Å². The molecular weight excluding hydrogens is 150 g/mol. The first-order valence-corrected chi connectivity index (χ1v) is 4.29. The van der Waals surface area contributed by atoms with Gasteiger partial charge in [0, 0.05) is 5.69 Å². The molecule has 1 aliphatic rings. The van der Waals surface area contributed by atoms with Crippen molar-refractivity contribution >= 4 is 0 Å². The third-order valence-electron chi connectivity index (χ3n) is 2.51. The summed E-state index contributed by atoms with van der Waals surface area (Å²) >= 11 is 0. The maximum Gasteiger partial charge on any atom is 0.104 e. The largest absolute Gasteiger partial charge is 0.384 e. The highest BCUT2D eigenvalue weighted by molar-refractivity contribution is 5.31. The number of aryl methyl sites for hydroxylation is 2. The van der Waals surface area contributed by atoms with E-state index < -0.39 is 5.60 Å². The first-order valence-electron chi connectivity index (χ1n) is 4.29. The summed E-state index contributed by atoms with van der Waals surface area (Å²) in [6.45, 7) is 3.79. The van der Waals surface area contributed by atoms with Crippen LogP contribution in [0.2, 0.25) is 0 Å². The Morgan fingerprint density at radius 1 is 1.50 bits per heavy atom. The molecule has 0 fully saturated rings. The topological polar surface area (TPSA) is 33.1 Å². The zero-order valence-electron chi connectivity index (χ0n) is 7.46. The van der Waals surface area contributed by atoms with Crippen molar-refractivity contribution in [2.24, 2.45) is 0 Å². The fourth-order valence-electron chi connectivity index (χ4n) is 1.75. The Labute approximate surface area is 72.3 Å². The van der Waals surface area contributed by atoms with Gasteiger partial charge in [-0.1, -0.05) is 6.07 Å². The van der Waals surface area contributed by atoms with Gasteiger partial charge < -0.3 is 5.11 Å². The molecule has 0 saturated heterocycles. The predicted octanol–water partition coefficient (Wildman–Crippen LogP) is 1.54. The third-order valence-corrected chi connectivity index (χ3v) is 2.51. The Hall–Kier alpha value is -0.890. The van der Waals surface area contributed by atoms with Crippen LogP contribution in [0.25, 0.3) is 0 Å². The SMILES string of the molecule is Cc1ccc2c(n1)[C@@](C)(O)CC2. The molecule has 12 heavy (non-hydrogen) atoms. The van der Waals surface area contributed by atoms with Crippen LogP contribution in [0.15, 0.2) is 12.1 Å². The first kappa shape index (κ1) is 7.74. The van der Waals surface area contributed by atoms with Gasteiger partial charge in [0.1, 0.15) is 5.60 Å². The summed E-state index contributed by atoms with van der Waals surface area (Å²) in [5.41, 5.74) is 2.37. The van der Waals surface area contributed by atoms with Gasteiger partial charge in [0.05, 0.1) is 5.69 Å². The Morgan fingerprint density at radius 2 is 2.25 bits per heavy atom. The van der Waals surface area contributed by atoms with Crippen LogP contribution >= 0.6 is 0 Å². The summed E-state index contributed by atoms with van der Waals surface area (Å²) in [7, 11) is 0. The van der Waals surface area contributed by atoms with Gasteiger partial charge in [0.15, 0.2) is 0 Å². The first-order chi connectivity index (χ1) is 5.59. The van der Waals surface area contributed by atoms with Crippen LogP contribution in [-0.2, 0) is 12.0 Å². The quantitative estimate of drug-likeness (QED) is 0.629. The Bertz CT molecular complexity index is 318. The normalized spacial score (nSPS) is 27.2. The van der Waals surface area contributed by atoms with Gasteiger partial charge in [-0.2, -0.15) is 0 Å². The molecule has 0 amide bonds. The highest BCUT2D eigenvalue weighted by Gasteiger charge is 2.33. The molecule has 1 aliphatic carbocycles. The summed E-state index contributed by atoms with van der Waals surface area (Å²) in [6.07, 6.45) is 1.76. The van der Waals surface area contributed by atoms with Crippen LogP contribution in [0.3, 0.4) is 0 Å². The molecule has 64 valence electrons. The molecule has 1 aromatic heterocycles. The molecule has 1 aromatic rings. The van der Waals surface area contributed by atoms with Crippen LogP contribution < -0.4 is 0 Å². The number of fused-ring (bicyclic) bond motifs is 1. The minimum Gasteiger partial charge on any atom is -0.384 e. The van der Waals surface area contributed by atoms with Crippen LogP contribution in [-0.4, -0.2) is 10.1 Å². The summed E-state index contributed by atoms with van der Waals surface area (Å²) in [5, 5.41) is 9.91. The van der Waals surface area contributed by atoms with Crippen molar-refractivity contribution in [2.75, 3.05) is 0 Å². The van der Waals surface area contributed by atoms with Crippen molar-refractivity contribution in [3.05, 3.63) is 29.1 Å². The Balaban J connectivity index is 2.57. The van der Waals surface area contributed by atoms with Gasteiger partial charge in [0.25, 0.3) is 0 Å². The molecule has 0 aromatic carbocycles. The lowest BCUT2D eigenvalue weighted by Crippen LogP contribution is -2.18. The molecule has 0 spiro atoms. The van der Waals surface area contributed by atoms with E-state index in [-0.39, 0.29) is 0 Å². The zero-order chi connectivity index (χ0) is 8.77. The van der Waals surface area contributed by atoms with Gasteiger partial charge in [0.2, 0.25) is 0 Å². The van der Waals surface area contributed by atoms with Gasteiger partial charge in [-0.05, 0) is 38.3 Å². The van der Waals surface area contributed by atoms with E-state index in [1.807, 2.05) is 19.9 Å². The van der Waals surface area contributed by atoms with E-state index in [0.717, 1.165) is 24.2 Å². The van der Waals surface area contributed by atoms with E-state index in [1.54, 1.807) is 0 Å². The molecule has 0 radical (unpaired) electrons. The molecule has 1 heterocycles. The van der Waals surface area contributed by atoms with Gasteiger partial charge in [-0.15, -0.1) is 0 Å². The lowest BCUT2D eigenvalue weighted by atomic mass is 10.0. The zero-order valence-corrected chi connectivity index (χ0v) is 7.46. The fourth-order valence-corrected chi connectivity index (χ4v) is 1.75. The second-order valence-corrected chi connectivity index (χ2v) is 3.73. The van der Waals surface area contributed by atoms with Crippen molar-refractivity contribution in [3.8, 4) is 0 Å². The average Bonchev–Trinajstić information content (AvgIpc) is 2.28. The summed E-state index contributed by atoms with van der Waals surface area (Å²) in [6, 6.07) is 4.07. The van der Waals surface area contributed by atoms with Crippen LogP contribution in [0.1, 0.15) is 30.3 Å². The van der Waals surface area contributed by atoms with E-state index in [2.05, 4.69) is 11.1 Å². The van der Waals surface area contributed by atoms with E-state index in [4.69, 9.17) is 0 Å². The van der Waals surface area contributed by atoms with Gasteiger partial charge >= 0.3 is 0 Å². The molecule has 1 atom stereocenters. The second kappa shape index (κ2) is 2.30. The molecule has 0 unspecified atom stereocenters. The lowest BCUT2D eigenvalue weighted by Gasteiger charge is -2.16.